The molecule has 1 heterocycles. The third kappa shape index (κ3) is 3.13. The van der Waals surface area contributed by atoms with Gasteiger partial charge in [-0.2, -0.15) is 0 Å². The van der Waals surface area contributed by atoms with Gasteiger partial charge in [-0.25, -0.2) is 0 Å². The van der Waals surface area contributed by atoms with E-state index in [1.165, 1.54) is 0 Å². The van der Waals surface area contributed by atoms with Crippen molar-refractivity contribution in [3.8, 4) is 0 Å². The molecule has 1 rings (SSSR count). The molecule has 1 aromatic heterocycles. The maximum Gasteiger partial charge on any atom is 0.303 e. The molecule has 80 valence electrons. The molecule has 2 N–H and O–H groups in total. The highest BCUT2D eigenvalue weighted by Gasteiger charge is 2.06. The molecule has 3 nitrogen and oxygen atoms in total. The van der Waals surface area contributed by atoms with E-state index in [1.54, 1.807) is 6.08 Å². The van der Waals surface area contributed by atoms with Gasteiger partial charge in [0.1, 0.15) is 0 Å². The number of nitrogens with one attached hydrogen (secondary N) is 1. The summed E-state index contributed by atoms with van der Waals surface area (Å²) in [5, 5.41) is 8.60. The number of hydrogen-bond acceptors (Lipinski definition) is 1. The quantitative estimate of drug-likeness (QED) is 0.726. The Morgan fingerprint density at radius 2 is 2.40 bits per heavy atom. The Kier molecular flexibility index (Phi) is 3.92. The van der Waals surface area contributed by atoms with Crippen molar-refractivity contribution in [2.45, 2.75) is 19.8 Å². The van der Waals surface area contributed by atoms with E-state index < -0.39 is 5.97 Å². The molecule has 0 amide bonds. The first-order valence-electron chi connectivity index (χ1n) is 4.83. The summed E-state index contributed by atoms with van der Waals surface area (Å²) in [7, 11) is 0. The molecule has 0 aliphatic heterocycles. The molecule has 0 saturated carbocycles. The summed E-state index contributed by atoms with van der Waals surface area (Å²) in [6.45, 7) is 5.57. The summed E-state index contributed by atoms with van der Waals surface area (Å²) >= 11 is 0. The van der Waals surface area contributed by atoms with Crippen molar-refractivity contribution in [1.82, 2.24) is 4.98 Å². The predicted octanol–water partition coefficient (Wildman–Crippen LogP) is 2.54. The number of allylic oxidation sites excluding steroid dienone is 2. The molecule has 0 aliphatic rings. The van der Waals surface area contributed by atoms with E-state index in [4.69, 9.17) is 5.11 Å². The third-order valence-corrected chi connectivity index (χ3v) is 2.22. The van der Waals surface area contributed by atoms with E-state index in [0.717, 1.165) is 16.8 Å². The minimum absolute atomic E-state index is 0.159. The number of carboxylic acid groups (broad SMARTS) is 1. The van der Waals surface area contributed by atoms with Crippen LogP contribution in [-0.2, 0) is 11.2 Å². The van der Waals surface area contributed by atoms with Crippen LogP contribution in [0.4, 0.5) is 0 Å². The van der Waals surface area contributed by atoms with Crippen molar-refractivity contribution < 1.29 is 9.90 Å². The first kappa shape index (κ1) is 11.3. The lowest BCUT2D eigenvalue weighted by Gasteiger charge is -1.98. The van der Waals surface area contributed by atoms with Gasteiger partial charge in [-0.15, -0.1) is 0 Å². The lowest BCUT2D eigenvalue weighted by atomic mass is 10.1. The van der Waals surface area contributed by atoms with Gasteiger partial charge in [0.2, 0.25) is 0 Å². The Balaban J connectivity index is 2.83. The van der Waals surface area contributed by atoms with Crippen LogP contribution in [0.2, 0.25) is 0 Å². The van der Waals surface area contributed by atoms with Gasteiger partial charge in [0, 0.05) is 18.3 Å². The van der Waals surface area contributed by atoms with E-state index >= 15 is 0 Å². The van der Waals surface area contributed by atoms with Gasteiger partial charge in [-0.3, -0.25) is 4.79 Å². The van der Waals surface area contributed by atoms with E-state index in [-0.39, 0.29) is 6.42 Å². The van der Waals surface area contributed by atoms with E-state index in [2.05, 4.69) is 11.6 Å². The molecule has 0 spiro atoms. The van der Waals surface area contributed by atoms with Crippen molar-refractivity contribution in [3.63, 3.8) is 0 Å². The van der Waals surface area contributed by atoms with Crippen LogP contribution in [0.1, 0.15) is 23.2 Å². The molecule has 0 unspecified atom stereocenters. The number of aliphatic carboxylic acids is 1. The first-order valence-corrected chi connectivity index (χ1v) is 4.83. The van der Waals surface area contributed by atoms with Gasteiger partial charge in [0.05, 0.1) is 0 Å². The molecule has 0 fully saturated rings. The monoisotopic (exact) mass is 205 g/mol. The SMILES string of the molecule is C=C/C=C\c1c(CCC(=O)O)c[nH]c1C. The van der Waals surface area contributed by atoms with Crippen molar-refractivity contribution in [3.05, 3.63) is 41.7 Å². The van der Waals surface area contributed by atoms with Gasteiger partial charge >= 0.3 is 5.97 Å². The van der Waals surface area contributed by atoms with Crippen LogP contribution in [-0.4, -0.2) is 16.1 Å². The average Bonchev–Trinajstić information content (AvgIpc) is 2.53. The molecular formula is C12H15NO2. The van der Waals surface area contributed by atoms with Gasteiger partial charge in [-0.1, -0.05) is 24.8 Å². The molecule has 15 heavy (non-hydrogen) atoms. The fourth-order valence-corrected chi connectivity index (χ4v) is 1.44. The largest absolute Gasteiger partial charge is 0.481 e. The van der Waals surface area contributed by atoms with Crippen LogP contribution in [0.3, 0.4) is 0 Å². The lowest BCUT2D eigenvalue weighted by molar-refractivity contribution is -0.136. The zero-order valence-corrected chi connectivity index (χ0v) is 8.79. The number of aromatic nitrogens is 1. The fraction of sp³-hybridized carbons (Fsp3) is 0.250. The number of aromatic amines is 1. The average molecular weight is 205 g/mol. The highest BCUT2D eigenvalue weighted by molar-refractivity contribution is 5.68. The van der Waals surface area contributed by atoms with Crippen molar-refractivity contribution in [1.29, 1.82) is 0 Å². The van der Waals surface area contributed by atoms with Crippen molar-refractivity contribution in [2.75, 3.05) is 0 Å². The van der Waals surface area contributed by atoms with Crippen LogP contribution in [0.5, 0.6) is 0 Å². The molecule has 0 aromatic carbocycles. The minimum atomic E-state index is -0.771. The van der Waals surface area contributed by atoms with E-state index in [1.807, 2.05) is 25.3 Å². The standard InChI is InChI=1S/C12H15NO2/c1-3-4-5-11-9(2)13-8-10(11)6-7-12(14)15/h3-5,8,13H,1,6-7H2,2H3,(H,14,15)/b5-4-. The van der Waals surface area contributed by atoms with E-state index in [0.29, 0.717) is 6.42 Å². The van der Waals surface area contributed by atoms with E-state index in [9.17, 15) is 4.79 Å². The second kappa shape index (κ2) is 5.20. The van der Waals surface area contributed by atoms with Crippen LogP contribution in [0.15, 0.2) is 24.9 Å². The Labute approximate surface area is 89.1 Å². The summed E-state index contributed by atoms with van der Waals surface area (Å²) in [6, 6.07) is 0. The Hall–Kier alpha value is -1.77. The molecule has 0 saturated heterocycles. The minimum Gasteiger partial charge on any atom is -0.481 e. The van der Waals surface area contributed by atoms with Gasteiger partial charge in [0.25, 0.3) is 0 Å². The van der Waals surface area contributed by atoms with Crippen LogP contribution >= 0.6 is 0 Å². The smallest absolute Gasteiger partial charge is 0.303 e. The molecule has 0 atom stereocenters. The molecule has 0 radical (unpaired) electrons. The molecule has 0 bridgehead atoms. The Morgan fingerprint density at radius 1 is 1.67 bits per heavy atom. The third-order valence-electron chi connectivity index (χ3n) is 2.22. The topological polar surface area (TPSA) is 53.1 Å². The second-order valence-electron chi connectivity index (χ2n) is 3.34. The number of carboxylic acids is 1. The summed E-state index contributed by atoms with van der Waals surface area (Å²) in [4.78, 5) is 13.6. The van der Waals surface area contributed by atoms with Crippen molar-refractivity contribution in [2.24, 2.45) is 0 Å². The zero-order valence-electron chi connectivity index (χ0n) is 8.79. The molecule has 1 aromatic rings. The van der Waals surface area contributed by atoms with Gasteiger partial charge in [-0.05, 0) is 24.5 Å². The maximum absolute atomic E-state index is 10.5. The van der Waals surface area contributed by atoms with Gasteiger partial charge < -0.3 is 10.1 Å². The number of aryl methyl sites for hydroxylation is 2. The predicted molar refractivity (Wildman–Crippen MR) is 60.7 cm³/mol. The zero-order chi connectivity index (χ0) is 11.3. The second-order valence-corrected chi connectivity index (χ2v) is 3.34. The lowest BCUT2D eigenvalue weighted by Crippen LogP contribution is -1.97. The Bertz CT molecular complexity index is 388. The highest BCUT2D eigenvalue weighted by Crippen LogP contribution is 2.17. The van der Waals surface area contributed by atoms with Crippen LogP contribution in [0.25, 0.3) is 6.08 Å². The first-order chi connectivity index (χ1) is 7.15. The summed E-state index contributed by atoms with van der Waals surface area (Å²) in [6.07, 6.45) is 8.06. The summed E-state index contributed by atoms with van der Waals surface area (Å²) in [5.41, 5.74) is 3.15. The molecule has 0 aliphatic carbocycles. The molecule has 3 heteroatoms. The number of H-pyrrole nitrogens is 1. The summed E-state index contributed by atoms with van der Waals surface area (Å²) < 4.78 is 0. The van der Waals surface area contributed by atoms with Crippen LogP contribution in [0, 0.1) is 6.92 Å². The fourth-order valence-electron chi connectivity index (χ4n) is 1.44. The Morgan fingerprint density at radius 3 is 3.00 bits per heavy atom. The van der Waals surface area contributed by atoms with Crippen molar-refractivity contribution >= 4 is 12.0 Å². The molecular weight excluding hydrogens is 190 g/mol. The normalized spacial score (nSPS) is 10.7. The van der Waals surface area contributed by atoms with Crippen LogP contribution < -0.4 is 0 Å². The number of rotatable bonds is 5. The summed E-state index contributed by atoms with van der Waals surface area (Å²) in [5.74, 6) is -0.771. The number of carbonyl (C=O) groups is 1. The maximum atomic E-state index is 10.5. The number of hydrogen-bond donors (Lipinski definition) is 2. The van der Waals surface area contributed by atoms with Gasteiger partial charge in [0.15, 0.2) is 0 Å². The highest BCUT2D eigenvalue weighted by atomic mass is 16.4.